The number of hydrogen-bond acceptors (Lipinski definition) is 11. The Labute approximate surface area is 382 Å². The second-order valence-electron chi connectivity index (χ2n) is 15.1. The van der Waals surface area contributed by atoms with Crippen LogP contribution in [0, 0.1) is 37.5 Å². The van der Waals surface area contributed by atoms with Gasteiger partial charge in [0.1, 0.15) is 24.7 Å². The molecule has 2 atom stereocenters. The molecule has 64 heavy (non-hydrogen) atoms. The summed E-state index contributed by atoms with van der Waals surface area (Å²) in [5.74, 6) is 15.1. The molecule has 2 aromatic carbocycles. The zero-order valence-corrected chi connectivity index (χ0v) is 37.4. The molecule has 2 aliphatic carbocycles. The van der Waals surface area contributed by atoms with Crippen LogP contribution in [0.4, 0.5) is 4.79 Å². The Morgan fingerprint density at radius 1 is 0.688 bits per heavy atom. The lowest BCUT2D eigenvalue weighted by molar-refractivity contribution is 0.243. The van der Waals surface area contributed by atoms with Crippen molar-refractivity contribution in [2.45, 2.75) is 86.4 Å². The van der Waals surface area contributed by atoms with Crippen LogP contribution in [0.1, 0.15) is 72.4 Å². The maximum Gasteiger partial charge on any atom is 0.316 e. The number of aryl methyl sites for hydroxylation is 2. The van der Waals surface area contributed by atoms with Crippen molar-refractivity contribution in [2.24, 2.45) is 0 Å². The minimum atomic E-state index is -0.351. The Morgan fingerprint density at radius 2 is 1.17 bits per heavy atom. The molecule has 2 aliphatic rings. The SMILES string of the molecule is Cc1cc(OCc2nnc(SC3C=CCCC3)n2-c2cccnc2)ccc1C#CCNC(=O)NCC#Cc1ccc(OCc2nnc(SC3C=CCCC3)n2-c2cccnc2)cc1C. The van der Waals surface area contributed by atoms with E-state index in [1.165, 1.54) is 12.8 Å². The van der Waals surface area contributed by atoms with Gasteiger partial charge in [-0.3, -0.25) is 19.1 Å². The summed E-state index contributed by atoms with van der Waals surface area (Å²) in [4.78, 5) is 21.1. The van der Waals surface area contributed by atoms with E-state index in [0.29, 0.717) is 33.6 Å². The first-order valence-corrected chi connectivity index (χ1v) is 23.0. The number of nitrogens with one attached hydrogen (secondary N) is 2. The molecule has 15 heteroatoms. The van der Waals surface area contributed by atoms with Crippen LogP contribution in [0.3, 0.4) is 0 Å². The van der Waals surface area contributed by atoms with Crippen LogP contribution in [-0.2, 0) is 13.2 Å². The number of nitrogens with zero attached hydrogens (tertiary/aromatic N) is 8. The number of benzene rings is 2. The van der Waals surface area contributed by atoms with Gasteiger partial charge in [-0.15, -0.1) is 20.4 Å². The number of urea groups is 1. The van der Waals surface area contributed by atoms with Gasteiger partial charge in [0.15, 0.2) is 22.0 Å². The second-order valence-corrected chi connectivity index (χ2v) is 17.5. The highest BCUT2D eigenvalue weighted by molar-refractivity contribution is 8.00. The van der Waals surface area contributed by atoms with Crippen LogP contribution in [-0.4, -0.2) is 69.1 Å². The fourth-order valence-electron chi connectivity index (χ4n) is 7.08. The number of amides is 2. The Kier molecular flexibility index (Phi) is 15.1. The highest BCUT2D eigenvalue weighted by atomic mass is 32.2. The minimum Gasteiger partial charge on any atom is -0.486 e. The van der Waals surface area contributed by atoms with Crippen molar-refractivity contribution in [3.8, 4) is 46.6 Å². The van der Waals surface area contributed by atoms with Crippen LogP contribution in [0.5, 0.6) is 11.5 Å². The predicted octanol–water partition coefficient (Wildman–Crippen LogP) is 8.52. The monoisotopic (exact) mass is 888 g/mol. The number of aromatic nitrogens is 8. The van der Waals surface area contributed by atoms with Crippen molar-refractivity contribution >= 4 is 29.6 Å². The summed E-state index contributed by atoms with van der Waals surface area (Å²) in [5, 5.41) is 25.9. The Bertz CT molecular complexity index is 2550. The largest absolute Gasteiger partial charge is 0.486 e. The van der Waals surface area contributed by atoms with E-state index in [1.807, 2.05) is 96.0 Å². The van der Waals surface area contributed by atoms with E-state index in [1.54, 1.807) is 35.9 Å². The number of thioether (sulfide) groups is 2. The first-order valence-electron chi connectivity index (χ1n) is 21.3. The van der Waals surface area contributed by atoms with Gasteiger partial charge in [0.25, 0.3) is 0 Å². The van der Waals surface area contributed by atoms with Crippen molar-refractivity contribution in [3.63, 3.8) is 0 Å². The number of carbonyl (C=O) groups excluding carboxylic acids is 1. The van der Waals surface area contributed by atoms with Crippen molar-refractivity contribution in [1.29, 1.82) is 0 Å². The number of ether oxygens (including phenoxy) is 2. The quantitative estimate of drug-likeness (QED) is 0.0802. The summed E-state index contributed by atoms with van der Waals surface area (Å²) in [5.41, 5.74) is 5.37. The zero-order valence-electron chi connectivity index (χ0n) is 35.7. The molecule has 13 nitrogen and oxygen atoms in total. The van der Waals surface area contributed by atoms with Crippen LogP contribution in [0.2, 0.25) is 0 Å². The fraction of sp³-hybridized carbons (Fsp3) is 0.286. The summed E-state index contributed by atoms with van der Waals surface area (Å²) >= 11 is 3.42. The van der Waals surface area contributed by atoms with Gasteiger partial charge in [-0.1, -0.05) is 71.5 Å². The van der Waals surface area contributed by atoms with Gasteiger partial charge in [0.2, 0.25) is 0 Å². The Morgan fingerprint density at radius 3 is 1.58 bits per heavy atom. The van der Waals surface area contributed by atoms with Crippen molar-refractivity contribution in [2.75, 3.05) is 13.1 Å². The van der Waals surface area contributed by atoms with E-state index < -0.39 is 0 Å². The lowest BCUT2D eigenvalue weighted by Crippen LogP contribution is -2.35. The second kappa shape index (κ2) is 22.0. The molecule has 0 saturated carbocycles. The Balaban J connectivity index is 0.788. The molecular weight excluding hydrogens is 841 g/mol. The van der Waals surface area contributed by atoms with Gasteiger partial charge in [-0.25, -0.2) is 4.79 Å². The third kappa shape index (κ3) is 11.8. The summed E-state index contributed by atoms with van der Waals surface area (Å²) in [6.07, 6.45) is 22.9. The smallest absolute Gasteiger partial charge is 0.316 e. The van der Waals surface area contributed by atoms with Gasteiger partial charge in [-0.05, 0) is 124 Å². The van der Waals surface area contributed by atoms with Gasteiger partial charge < -0.3 is 20.1 Å². The topological polar surface area (TPSA) is 147 Å². The molecule has 0 saturated heterocycles. The minimum absolute atomic E-state index is 0.176. The van der Waals surface area contributed by atoms with Crippen molar-refractivity contribution < 1.29 is 14.3 Å². The summed E-state index contributed by atoms with van der Waals surface area (Å²) in [6.45, 7) is 4.78. The average Bonchev–Trinajstić information content (AvgIpc) is 3.93. The van der Waals surface area contributed by atoms with E-state index >= 15 is 0 Å². The van der Waals surface area contributed by atoms with Gasteiger partial charge >= 0.3 is 6.03 Å². The summed E-state index contributed by atoms with van der Waals surface area (Å²) in [7, 11) is 0. The van der Waals surface area contributed by atoms with Gasteiger partial charge in [0.05, 0.1) is 36.9 Å². The molecular formula is C49H48N10O3S2. The van der Waals surface area contributed by atoms with E-state index in [4.69, 9.17) is 9.47 Å². The average molecular weight is 889 g/mol. The standard InChI is InChI=1S/C49H48N10O3S2/c1-35-29-41(61-33-45-54-56-48(63-43-17-5-3-6-18-43)58(45)39-15-11-25-50-31-39)23-21-37(35)13-9-27-52-47(60)53-28-10-14-38-22-24-42(30-36(38)2)62-34-46-55-57-49(64-44-19-7-4-8-20-44)59(46)40-16-12-26-51-32-40/h5,7,11-12,15-17,19,21-26,29-32,43-44H,3-4,6,8,18,20,27-28,33-34H2,1-2H3,(H2,52,53,60). The van der Waals surface area contributed by atoms with Crippen molar-refractivity contribution in [3.05, 3.63) is 144 Å². The van der Waals surface area contributed by atoms with E-state index in [2.05, 4.69) is 89.0 Å². The molecule has 0 radical (unpaired) electrons. The molecule has 0 spiro atoms. The molecule has 6 aromatic rings. The molecule has 4 heterocycles. The molecule has 2 amide bonds. The maximum atomic E-state index is 12.5. The van der Waals surface area contributed by atoms with E-state index in [-0.39, 0.29) is 32.3 Å². The normalized spacial score (nSPS) is 15.3. The molecule has 4 aromatic heterocycles. The maximum absolute atomic E-state index is 12.5. The first-order chi connectivity index (χ1) is 31.5. The summed E-state index contributed by atoms with van der Waals surface area (Å²) in [6, 6.07) is 18.9. The number of carbonyl (C=O) groups is 1. The first kappa shape index (κ1) is 43.8. The van der Waals surface area contributed by atoms with E-state index in [9.17, 15) is 4.79 Å². The third-order valence-corrected chi connectivity index (χ3v) is 12.7. The molecule has 2 N–H and O–H groups in total. The number of allylic oxidation sites excluding steroid dienone is 2. The lowest BCUT2D eigenvalue weighted by atomic mass is 10.1. The van der Waals surface area contributed by atoms with Crippen LogP contribution in [0.25, 0.3) is 11.4 Å². The summed E-state index contributed by atoms with van der Waals surface area (Å²) < 4.78 is 16.4. The third-order valence-electron chi connectivity index (χ3n) is 10.4. The molecule has 0 aliphatic heterocycles. The molecule has 0 fully saturated rings. The van der Waals surface area contributed by atoms with Crippen LogP contribution in [0.15, 0.2) is 120 Å². The van der Waals surface area contributed by atoms with Crippen LogP contribution < -0.4 is 20.1 Å². The number of hydrogen-bond donors (Lipinski definition) is 2. The number of pyridine rings is 2. The molecule has 0 bridgehead atoms. The van der Waals surface area contributed by atoms with Crippen molar-refractivity contribution in [1.82, 2.24) is 50.1 Å². The van der Waals surface area contributed by atoms with Gasteiger partial charge in [0, 0.05) is 34.0 Å². The highest BCUT2D eigenvalue weighted by Gasteiger charge is 2.21. The van der Waals surface area contributed by atoms with Crippen LogP contribution >= 0.6 is 23.5 Å². The molecule has 8 rings (SSSR count). The molecule has 324 valence electrons. The number of rotatable bonds is 14. The fourth-order valence-corrected chi connectivity index (χ4v) is 9.38. The molecule has 2 unspecified atom stereocenters. The predicted molar refractivity (Wildman–Crippen MR) is 250 cm³/mol. The Hall–Kier alpha value is -6.81. The highest BCUT2D eigenvalue weighted by Crippen LogP contribution is 2.33. The lowest BCUT2D eigenvalue weighted by Gasteiger charge is -2.16. The van der Waals surface area contributed by atoms with Gasteiger partial charge in [-0.2, -0.15) is 0 Å². The zero-order chi connectivity index (χ0) is 43.9. The van der Waals surface area contributed by atoms with E-state index in [0.717, 1.165) is 69.6 Å².